The molecule has 3 rings (SSSR count). The smallest absolute Gasteiger partial charge is 0.191 e. The van der Waals surface area contributed by atoms with Gasteiger partial charge in [0.05, 0.1) is 12.3 Å². The molecule has 0 saturated carbocycles. The summed E-state index contributed by atoms with van der Waals surface area (Å²) in [6, 6.07) is 20.0. The van der Waals surface area contributed by atoms with E-state index in [1.807, 2.05) is 65.5 Å². The summed E-state index contributed by atoms with van der Waals surface area (Å²) in [7, 11) is 1.74. The van der Waals surface area contributed by atoms with Gasteiger partial charge in [0, 0.05) is 38.4 Å². The SMILES string of the molecule is CN=C(NCc1ccccc1-n1cccn1)NCC(CO)c1ccccc1.I. The number of aliphatic hydroxyl groups is 1. The predicted molar refractivity (Wildman–Crippen MR) is 123 cm³/mol. The van der Waals surface area contributed by atoms with E-state index in [1.54, 1.807) is 13.2 Å². The van der Waals surface area contributed by atoms with Gasteiger partial charge in [0.25, 0.3) is 0 Å². The summed E-state index contributed by atoms with van der Waals surface area (Å²) in [6.45, 7) is 1.29. The van der Waals surface area contributed by atoms with Crippen LogP contribution in [0.5, 0.6) is 0 Å². The van der Waals surface area contributed by atoms with E-state index < -0.39 is 0 Å². The lowest BCUT2D eigenvalue weighted by Gasteiger charge is -2.18. The molecule has 0 aliphatic heterocycles. The van der Waals surface area contributed by atoms with Crippen LogP contribution in [-0.4, -0.2) is 41.0 Å². The molecule has 28 heavy (non-hydrogen) atoms. The van der Waals surface area contributed by atoms with Crippen molar-refractivity contribution in [2.75, 3.05) is 20.2 Å². The molecule has 3 aromatic rings. The first-order valence-corrected chi connectivity index (χ1v) is 9.00. The molecule has 0 aliphatic rings. The Bertz CT molecular complexity index is 852. The fourth-order valence-corrected chi connectivity index (χ4v) is 2.93. The van der Waals surface area contributed by atoms with E-state index in [1.165, 1.54) is 0 Å². The first-order chi connectivity index (χ1) is 13.3. The molecule has 6 nitrogen and oxygen atoms in total. The normalized spacial score (nSPS) is 12.1. The molecular weight excluding hydrogens is 465 g/mol. The van der Waals surface area contributed by atoms with Crippen molar-refractivity contribution in [1.82, 2.24) is 20.4 Å². The number of aliphatic hydroxyl groups excluding tert-OH is 1. The molecule has 1 heterocycles. The van der Waals surface area contributed by atoms with Gasteiger partial charge in [-0.2, -0.15) is 5.10 Å². The lowest BCUT2D eigenvalue weighted by molar-refractivity contribution is 0.265. The molecule has 3 N–H and O–H groups in total. The number of para-hydroxylation sites is 1. The van der Waals surface area contributed by atoms with E-state index in [2.05, 4.69) is 26.8 Å². The molecule has 0 fully saturated rings. The van der Waals surface area contributed by atoms with Gasteiger partial charge in [0.2, 0.25) is 0 Å². The fraction of sp³-hybridized carbons (Fsp3) is 0.238. The Hall–Kier alpha value is -2.39. The fourth-order valence-electron chi connectivity index (χ4n) is 2.93. The number of guanidine groups is 1. The van der Waals surface area contributed by atoms with E-state index in [4.69, 9.17) is 0 Å². The minimum Gasteiger partial charge on any atom is -0.396 e. The van der Waals surface area contributed by atoms with Crippen molar-refractivity contribution in [2.24, 2.45) is 4.99 Å². The van der Waals surface area contributed by atoms with Gasteiger partial charge in [-0.25, -0.2) is 4.68 Å². The zero-order valence-corrected chi connectivity index (χ0v) is 18.2. The van der Waals surface area contributed by atoms with Crippen LogP contribution in [0.4, 0.5) is 0 Å². The topological polar surface area (TPSA) is 74.5 Å². The average Bonchev–Trinajstić information content (AvgIpc) is 3.26. The summed E-state index contributed by atoms with van der Waals surface area (Å²) in [5, 5.41) is 20.7. The highest BCUT2D eigenvalue weighted by atomic mass is 127. The second-order valence-corrected chi connectivity index (χ2v) is 6.18. The molecule has 0 amide bonds. The van der Waals surface area contributed by atoms with Crippen LogP contribution in [-0.2, 0) is 6.54 Å². The lowest BCUT2D eigenvalue weighted by atomic mass is 10.0. The van der Waals surface area contributed by atoms with Crippen molar-refractivity contribution in [3.63, 3.8) is 0 Å². The zero-order valence-electron chi connectivity index (χ0n) is 15.8. The molecule has 0 radical (unpaired) electrons. The standard InChI is InChI=1S/C21H25N5O.HI/c1-22-21(24-15-19(16-27)17-8-3-2-4-9-17)23-14-18-10-5-6-11-20(18)26-13-7-12-25-26;/h2-13,19,27H,14-16H2,1H3,(H2,22,23,24);1H. The summed E-state index contributed by atoms with van der Waals surface area (Å²) in [5.74, 6) is 0.709. The van der Waals surface area contributed by atoms with Gasteiger partial charge < -0.3 is 15.7 Å². The number of hydrogen-bond donors (Lipinski definition) is 3. The maximum absolute atomic E-state index is 9.71. The molecule has 0 spiro atoms. The lowest BCUT2D eigenvalue weighted by Crippen LogP contribution is -2.39. The van der Waals surface area contributed by atoms with Crippen LogP contribution in [0.25, 0.3) is 5.69 Å². The van der Waals surface area contributed by atoms with Gasteiger partial charge >= 0.3 is 0 Å². The van der Waals surface area contributed by atoms with E-state index in [0.717, 1.165) is 16.8 Å². The quantitative estimate of drug-likeness (QED) is 0.270. The summed E-state index contributed by atoms with van der Waals surface area (Å²) in [6.07, 6.45) is 3.70. The number of nitrogens with one attached hydrogen (secondary N) is 2. The highest BCUT2D eigenvalue weighted by molar-refractivity contribution is 14.0. The Morgan fingerprint density at radius 1 is 1.07 bits per heavy atom. The van der Waals surface area contributed by atoms with Gasteiger partial charge in [-0.3, -0.25) is 4.99 Å². The third-order valence-corrected chi connectivity index (χ3v) is 4.42. The van der Waals surface area contributed by atoms with Crippen LogP contribution in [0.1, 0.15) is 17.0 Å². The largest absolute Gasteiger partial charge is 0.396 e. The highest BCUT2D eigenvalue weighted by Crippen LogP contribution is 2.14. The van der Waals surface area contributed by atoms with Gasteiger partial charge in [-0.05, 0) is 23.3 Å². The Balaban J connectivity index is 0.00000280. The summed E-state index contributed by atoms with van der Waals surface area (Å²) >= 11 is 0. The summed E-state index contributed by atoms with van der Waals surface area (Å²) in [5.41, 5.74) is 3.25. The average molecular weight is 491 g/mol. The van der Waals surface area contributed by atoms with Crippen molar-refractivity contribution in [2.45, 2.75) is 12.5 Å². The number of aromatic nitrogens is 2. The second-order valence-electron chi connectivity index (χ2n) is 6.18. The van der Waals surface area contributed by atoms with Crippen molar-refractivity contribution in [1.29, 1.82) is 0 Å². The Morgan fingerprint density at radius 3 is 2.50 bits per heavy atom. The summed E-state index contributed by atoms with van der Waals surface area (Å²) < 4.78 is 1.85. The molecule has 7 heteroatoms. The maximum atomic E-state index is 9.71. The molecule has 148 valence electrons. The summed E-state index contributed by atoms with van der Waals surface area (Å²) in [4.78, 5) is 4.29. The maximum Gasteiger partial charge on any atom is 0.191 e. The van der Waals surface area contributed by atoms with Crippen LogP contribution in [0.2, 0.25) is 0 Å². The minimum atomic E-state index is 0. The van der Waals surface area contributed by atoms with E-state index >= 15 is 0 Å². The Morgan fingerprint density at radius 2 is 1.82 bits per heavy atom. The first-order valence-electron chi connectivity index (χ1n) is 9.00. The molecule has 1 aromatic heterocycles. The molecular formula is C21H26IN5O. The van der Waals surface area contributed by atoms with Crippen LogP contribution in [0.3, 0.4) is 0 Å². The number of rotatable bonds is 7. The number of nitrogens with zero attached hydrogens (tertiary/aromatic N) is 3. The van der Waals surface area contributed by atoms with Crippen LogP contribution >= 0.6 is 24.0 Å². The Kier molecular flexibility index (Phi) is 8.96. The highest BCUT2D eigenvalue weighted by Gasteiger charge is 2.11. The van der Waals surface area contributed by atoms with Crippen molar-refractivity contribution >= 4 is 29.9 Å². The van der Waals surface area contributed by atoms with Crippen LogP contribution in [0, 0.1) is 0 Å². The Labute approximate surface area is 182 Å². The van der Waals surface area contributed by atoms with Gasteiger partial charge in [-0.15, -0.1) is 24.0 Å². The molecule has 0 aliphatic carbocycles. The van der Waals surface area contributed by atoms with Gasteiger partial charge in [0.15, 0.2) is 5.96 Å². The van der Waals surface area contributed by atoms with Gasteiger partial charge in [0.1, 0.15) is 0 Å². The molecule has 2 aromatic carbocycles. The van der Waals surface area contributed by atoms with E-state index in [-0.39, 0.29) is 36.5 Å². The number of benzene rings is 2. The number of hydrogen-bond acceptors (Lipinski definition) is 3. The van der Waals surface area contributed by atoms with Gasteiger partial charge in [-0.1, -0.05) is 48.5 Å². The second kappa shape index (κ2) is 11.5. The van der Waals surface area contributed by atoms with Crippen LogP contribution in [0.15, 0.2) is 78.0 Å². The molecule has 0 bridgehead atoms. The minimum absolute atomic E-state index is 0. The zero-order chi connectivity index (χ0) is 18.9. The van der Waals surface area contributed by atoms with Crippen molar-refractivity contribution in [3.05, 3.63) is 84.2 Å². The third-order valence-electron chi connectivity index (χ3n) is 4.42. The molecule has 1 unspecified atom stereocenters. The number of halogens is 1. The third kappa shape index (κ3) is 5.80. The molecule has 0 saturated heterocycles. The van der Waals surface area contributed by atoms with Crippen LogP contribution < -0.4 is 10.6 Å². The van der Waals surface area contributed by atoms with Crippen molar-refractivity contribution in [3.8, 4) is 5.69 Å². The molecule has 1 atom stereocenters. The monoisotopic (exact) mass is 491 g/mol. The van der Waals surface area contributed by atoms with Crippen molar-refractivity contribution < 1.29 is 5.11 Å². The predicted octanol–water partition coefficient (Wildman–Crippen LogP) is 2.93. The first kappa shape index (κ1) is 21.9. The van der Waals surface area contributed by atoms with E-state index in [0.29, 0.717) is 19.0 Å². The van der Waals surface area contributed by atoms with E-state index in [9.17, 15) is 5.11 Å². The number of aliphatic imine (C=N–C) groups is 1.